The van der Waals surface area contributed by atoms with Crippen LogP contribution in [0.15, 0.2) is 49.1 Å². The Balaban J connectivity index is 0.000000211. The van der Waals surface area contributed by atoms with E-state index in [0.717, 1.165) is 59.6 Å². The van der Waals surface area contributed by atoms with Crippen molar-refractivity contribution >= 4 is 70.6 Å². The van der Waals surface area contributed by atoms with Crippen LogP contribution in [0.2, 0.25) is 15.1 Å². The first kappa shape index (κ1) is 46.0. The lowest BCUT2D eigenvalue weighted by atomic mass is 9.79. The zero-order chi connectivity index (χ0) is 42.7. The Morgan fingerprint density at radius 2 is 1.10 bits per heavy atom. The minimum absolute atomic E-state index is 0.0364. The van der Waals surface area contributed by atoms with Gasteiger partial charge in [-0.25, -0.2) is 0 Å². The predicted molar refractivity (Wildman–Crippen MR) is 229 cm³/mol. The van der Waals surface area contributed by atoms with Crippen LogP contribution < -0.4 is 45.7 Å². The normalized spacial score (nSPS) is 14.3. The van der Waals surface area contributed by atoms with E-state index in [1.807, 2.05) is 26.0 Å². The van der Waals surface area contributed by atoms with Crippen molar-refractivity contribution in [3.63, 3.8) is 0 Å². The number of hydrogen-bond acceptors (Lipinski definition) is 12. The van der Waals surface area contributed by atoms with E-state index in [1.165, 1.54) is 0 Å². The van der Waals surface area contributed by atoms with Crippen LogP contribution in [0.3, 0.4) is 0 Å². The number of carbonyl (C=O) groups is 2. The topological polar surface area (TPSA) is 196 Å². The molecule has 2 saturated heterocycles. The first-order chi connectivity index (χ1) is 27.6. The summed E-state index contributed by atoms with van der Waals surface area (Å²) in [4.78, 5) is 35.0. The second kappa shape index (κ2) is 21.4. The highest BCUT2D eigenvalue weighted by Gasteiger charge is 2.28. The number of nitrogens with two attached hydrogens (primary N) is 2. The minimum Gasteiger partial charge on any atom is -0.496 e. The Bertz CT molecular complexity index is 2000. The van der Waals surface area contributed by atoms with Gasteiger partial charge in [-0.1, -0.05) is 40.9 Å². The fourth-order valence-corrected chi connectivity index (χ4v) is 7.78. The summed E-state index contributed by atoms with van der Waals surface area (Å²) in [5.74, 6) is 1.70. The molecule has 0 bridgehead atoms. The van der Waals surface area contributed by atoms with E-state index in [-0.39, 0.29) is 23.7 Å². The van der Waals surface area contributed by atoms with Crippen LogP contribution in [0.1, 0.15) is 36.8 Å². The summed E-state index contributed by atoms with van der Waals surface area (Å²) >= 11 is 18.7. The van der Waals surface area contributed by atoms with E-state index in [1.54, 1.807) is 65.4 Å². The quantitative estimate of drug-likeness (QED) is 0.152. The zero-order valence-electron chi connectivity index (χ0n) is 33.4. The average Bonchev–Trinajstić information content (AvgIpc) is 3.21. The number of ether oxygens (including phenoxy) is 4. The molecule has 312 valence electrons. The molecule has 58 heavy (non-hydrogen) atoms. The number of amides is 2. The molecule has 18 heteroatoms. The van der Waals surface area contributed by atoms with E-state index in [0.29, 0.717) is 69.5 Å². The van der Waals surface area contributed by atoms with Crippen molar-refractivity contribution in [2.75, 3.05) is 64.4 Å². The average molecular weight is 860 g/mol. The molecule has 0 aliphatic carbocycles. The molecule has 2 aromatic carbocycles. The third kappa shape index (κ3) is 11.3. The van der Waals surface area contributed by atoms with Crippen molar-refractivity contribution in [3.8, 4) is 34.1 Å². The smallest absolute Gasteiger partial charge is 0.488 e. The summed E-state index contributed by atoms with van der Waals surface area (Å²) in [6.45, 7) is 6.68. The van der Waals surface area contributed by atoms with Gasteiger partial charge in [-0.3, -0.25) is 19.6 Å². The SMILES string of the molecule is COc1cc(-c2cncc(Cl)c2N2CCC(C(N)=O)CC2)cc(OC)c1OC.COc1cc(B(O)O)cc(C)c1C.NC(=O)C1CCN(c2c(Cl)cncc2Cl)CC1. The molecule has 6 rings (SSSR count). The number of hydrogen-bond donors (Lipinski definition) is 4. The minimum atomic E-state index is -1.44. The van der Waals surface area contributed by atoms with Gasteiger partial charge in [0.15, 0.2) is 11.5 Å². The summed E-state index contributed by atoms with van der Waals surface area (Å²) in [5.41, 5.74) is 16.6. The van der Waals surface area contributed by atoms with Crippen LogP contribution in [-0.2, 0) is 9.59 Å². The van der Waals surface area contributed by atoms with Crippen LogP contribution in [0.25, 0.3) is 11.1 Å². The summed E-state index contributed by atoms with van der Waals surface area (Å²) in [7, 11) is 4.85. The van der Waals surface area contributed by atoms with E-state index < -0.39 is 7.12 Å². The maximum absolute atomic E-state index is 11.5. The van der Waals surface area contributed by atoms with Gasteiger partial charge in [0, 0.05) is 68.4 Å². The molecule has 2 aromatic heterocycles. The van der Waals surface area contributed by atoms with E-state index >= 15 is 0 Å². The molecule has 2 aliphatic heterocycles. The highest BCUT2D eigenvalue weighted by molar-refractivity contribution is 6.58. The van der Waals surface area contributed by atoms with E-state index in [2.05, 4.69) is 19.8 Å². The fourth-order valence-electron chi connectivity index (χ4n) is 6.89. The maximum Gasteiger partial charge on any atom is 0.488 e. The Morgan fingerprint density at radius 3 is 1.52 bits per heavy atom. The van der Waals surface area contributed by atoms with Crippen molar-refractivity contribution in [1.82, 2.24) is 9.97 Å². The van der Waals surface area contributed by atoms with Crippen molar-refractivity contribution in [3.05, 3.63) is 75.2 Å². The fraction of sp³-hybridized carbons (Fsp3) is 0.400. The van der Waals surface area contributed by atoms with Crippen LogP contribution in [0.5, 0.6) is 23.0 Å². The number of primary amides is 2. The van der Waals surface area contributed by atoms with Gasteiger partial charge < -0.3 is 50.3 Å². The monoisotopic (exact) mass is 858 g/mol. The number of pyridine rings is 2. The zero-order valence-corrected chi connectivity index (χ0v) is 35.7. The third-order valence-electron chi connectivity index (χ3n) is 10.3. The Labute approximate surface area is 354 Å². The van der Waals surface area contributed by atoms with Gasteiger partial charge in [0.2, 0.25) is 17.6 Å². The maximum atomic E-state index is 11.5. The first-order valence-electron chi connectivity index (χ1n) is 18.5. The molecule has 0 unspecified atom stereocenters. The molecule has 4 heterocycles. The van der Waals surface area contributed by atoms with Gasteiger partial charge in [-0.15, -0.1) is 0 Å². The van der Waals surface area contributed by atoms with Gasteiger partial charge >= 0.3 is 7.12 Å². The number of nitrogens with zero attached hydrogens (tertiary/aromatic N) is 4. The second-order valence-corrected chi connectivity index (χ2v) is 15.0. The summed E-state index contributed by atoms with van der Waals surface area (Å²) in [5, 5.41) is 19.5. The number of carbonyl (C=O) groups excluding carboxylic acids is 2. The molecule has 0 atom stereocenters. The third-order valence-corrected chi connectivity index (χ3v) is 11.1. The number of anilines is 2. The van der Waals surface area contributed by atoms with Crippen molar-refractivity contribution in [2.45, 2.75) is 39.5 Å². The number of halogens is 3. The summed E-state index contributed by atoms with van der Waals surface area (Å²) in [6, 6.07) is 7.11. The highest BCUT2D eigenvalue weighted by atomic mass is 35.5. The van der Waals surface area contributed by atoms with E-state index in [4.69, 9.17) is 75.3 Å². The molecule has 2 amide bonds. The standard InChI is InChI=1S/C20H24ClN3O4.C11H13Cl2N3O.C9H13BO3/c1-26-16-8-13(9-17(27-2)19(16)28-3)14-10-23-11-15(21)18(14)24-6-4-12(5-7-24)20(22)25;12-8-5-15-6-9(13)10(8)16-3-1-7(2-4-16)11(14)17;1-6-4-8(10(11)12)5-9(13-3)7(6)2/h8-12H,4-7H2,1-3H3,(H2,22,25);5-7H,1-4H2,(H2,14,17);4-5,11-12H,1-3H3. The number of aromatic nitrogens is 2. The predicted octanol–water partition coefficient (Wildman–Crippen LogP) is 5.21. The van der Waals surface area contributed by atoms with Crippen LogP contribution in [0, 0.1) is 25.7 Å². The van der Waals surface area contributed by atoms with Gasteiger partial charge in [0.1, 0.15) is 5.75 Å². The Morgan fingerprint density at radius 1 is 0.672 bits per heavy atom. The number of methoxy groups -OCH3 is 4. The molecule has 2 fully saturated rings. The van der Waals surface area contributed by atoms with Crippen molar-refractivity contribution in [1.29, 1.82) is 0 Å². The van der Waals surface area contributed by atoms with Crippen LogP contribution in [0.4, 0.5) is 11.4 Å². The lowest BCUT2D eigenvalue weighted by molar-refractivity contribution is -0.123. The first-order valence-corrected chi connectivity index (χ1v) is 19.6. The molecule has 4 aromatic rings. The molecule has 6 N–H and O–H groups in total. The Kier molecular flexibility index (Phi) is 17.0. The largest absolute Gasteiger partial charge is 0.496 e. The summed E-state index contributed by atoms with van der Waals surface area (Å²) in [6.07, 6.45) is 9.41. The molecule has 0 radical (unpaired) electrons. The van der Waals surface area contributed by atoms with Gasteiger partial charge in [0.05, 0.1) is 54.9 Å². The molecule has 14 nitrogen and oxygen atoms in total. The van der Waals surface area contributed by atoms with Crippen LogP contribution >= 0.6 is 34.8 Å². The second-order valence-electron chi connectivity index (χ2n) is 13.7. The lowest BCUT2D eigenvalue weighted by Gasteiger charge is -2.34. The lowest BCUT2D eigenvalue weighted by Crippen LogP contribution is -2.38. The van der Waals surface area contributed by atoms with Gasteiger partial charge in [-0.2, -0.15) is 0 Å². The number of benzene rings is 2. The number of piperidine rings is 2. The van der Waals surface area contributed by atoms with Crippen molar-refractivity contribution < 1.29 is 38.6 Å². The molecular formula is C40H50BCl3N6O8. The van der Waals surface area contributed by atoms with E-state index in [9.17, 15) is 9.59 Å². The number of rotatable bonds is 10. The molecular weight excluding hydrogens is 810 g/mol. The van der Waals surface area contributed by atoms with Crippen LogP contribution in [-0.4, -0.2) is 93.6 Å². The van der Waals surface area contributed by atoms with Gasteiger partial charge in [-0.05, 0) is 79.9 Å². The Hall–Kier alpha value is -4.67. The van der Waals surface area contributed by atoms with Gasteiger partial charge in [0.25, 0.3) is 0 Å². The molecule has 0 saturated carbocycles. The molecule has 0 spiro atoms. The number of aryl methyl sites for hydroxylation is 1. The molecule has 2 aliphatic rings. The summed E-state index contributed by atoms with van der Waals surface area (Å²) < 4.78 is 21.4. The highest BCUT2D eigenvalue weighted by Crippen LogP contribution is 2.45. The van der Waals surface area contributed by atoms with Crippen molar-refractivity contribution in [2.24, 2.45) is 23.3 Å².